The zero-order valence-corrected chi connectivity index (χ0v) is 12.8. The van der Waals surface area contributed by atoms with Crippen LogP contribution in [0.5, 0.6) is 0 Å². The molecule has 1 unspecified atom stereocenters. The van der Waals surface area contributed by atoms with E-state index in [0.29, 0.717) is 0 Å². The first-order valence-corrected chi connectivity index (χ1v) is 7.15. The van der Waals surface area contributed by atoms with Gasteiger partial charge in [-0.25, -0.2) is 4.98 Å². The highest BCUT2D eigenvalue weighted by Crippen LogP contribution is 2.17. The van der Waals surface area contributed by atoms with Gasteiger partial charge in [-0.05, 0) is 31.5 Å². The monoisotopic (exact) mass is 286 g/mol. The largest absolute Gasteiger partial charge is 0.334 e. The fraction of sp³-hybridized carbons (Fsp3) is 0.375. The Bertz CT molecular complexity index is 606. The number of carbonyl (C=O) groups excluding carboxylic acids is 1. The summed E-state index contributed by atoms with van der Waals surface area (Å²) in [6.45, 7) is 7.39. The molecule has 1 aromatic carbocycles. The fourth-order valence-corrected chi connectivity index (χ4v) is 2.25. The summed E-state index contributed by atoms with van der Waals surface area (Å²) in [6.07, 6.45) is 3.80. The van der Waals surface area contributed by atoms with E-state index in [1.807, 2.05) is 37.5 Å². The fourth-order valence-electron chi connectivity index (χ4n) is 2.25. The second-order valence-electron chi connectivity index (χ2n) is 5.15. The molecule has 1 heterocycles. The van der Waals surface area contributed by atoms with Crippen LogP contribution in [0.3, 0.4) is 0 Å². The highest BCUT2D eigenvalue weighted by molar-refractivity contribution is 5.88. The molecule has 0 aliphatic heterocycles. The number of nitrogens with zero attached hydrogens (tertiary/aromatic N) is 2. The average Bonchev–Trinajstić information content (AvgIpc) is 2.84. The summed E-state index contributed by atoms with van der Waals surface area (Å²) in [4.78, 5) is 15.3. The zero-order chi connectivity index (χ0) is 15.2. The van der Waals surface area contributed by atoms with Gasteiger partial charge in [0.15, 0.2) is 0 Å². The highest BCUT2D eigenvalue weighted by atomic mass is 16.1. The van der Waals surface area contributed by atoms with Gasteiger partial charge < -0.3 is 15.2 Å². The number of hydrogen-bond donors (Lipinski definition) is 2. The van der Waals surface area contributed by atoms with Crippen molar-refractivity contribution in [1.82, 2.24) is 14.9 Å². The summed E-state index contributed by atoms with van der Waals surface area (Å²) in [5, 5.41) is 6.29. The molecule has 1 amide bonds. The van der Waals surface area contributed by atoms with Crippen molar-refractivity contribution in [1.29, 1.82) is 0 Å². The Balaban J connectivity index is 1.89. The summed E-state index contributed by atoms with van der Waals surface area (Å²) in [5.74, 6) is 0.973. The van der Waals surface area contributed by atoms with Gasteiger partial charge >= 0.3 is 0 Å². The van der Waals surface area contributed by atoms with E-state index in [1.54, 1.807) is 0 Å². The molecule has 21 heavy (non-hydrogen) atoms. The van der Waals surface area contributed by atoms with Crippen LogP contribution in [0.1, 0.15) is 31.3 Å². The first-order chi connectivity index (χ1) is 10.1. The Kier molecular flexibility index (Phi) is 5.11. The molecule has 5 heteroatoms. The van der Waals surface area contributed by atoms with Gasteiger partial charge in [0.05, 0.1) is 0 Å². The van der Waals surface area contributed by atoms with E-state index in [-0.39, 0.29) is 11.9 Å². The van der Waals surface area contributed by atoms with Crippen LogP contribution in [-0.4, -0.2) is 22.0 Å². The Labute approximate surface area is 125 Å². The van der Waals surface area contributed by atoms with Crippen LogP contribution in [0, 0.1) is 6.92 Å². The molecule has 2 aromatic rings. The molecule has 0 radical (unpaired) electrons. The molecule has 0 saturated carbocycles. The van der Waals surface area contributed by atoms with E-state index in [4.69, 9.17) is 0 Å². The Morgan fingerprint density at radius 2 is 2.24 bits per heavy atom. The lowest BCUT2D eigenvalue weighted by Crippen LogP contribution is -2.23. The number of imidazole rings is 1. The molecular formula is C16H22N4O. The van der Waals surface area contributed by atoms with Crippen molar-refractivity contribution in [2.75, 3.05) is 11.9 Å². The lowest BCUT2D eigenvalue weighted by molar-refractivity contribution is -0.114. The SMILES string of the molecule is CC(=O)Nc1cccc(C(C)NCCn2ccnc2C)c1. The number of amides is 1. The van der Waals surface area contributed by atoms with Crippen molar-refractivity contribution >= 4 is 11.6 Å². The number of carbonyl (C=O) groups is 1. The standard InChI is InChI=1S/C16H22N4O/c1-12(17-7-9-20-10-8-18-13(20)2)15-5-4-6-16(11-15)19-14(3)21/h4-6,8,10-12,17H,7,9H2,1-3H3,(H,19,21). The second-order valence-corrected chi connectivity index (χ2v) is 5.15. The number of anilines is 1. The lowest BCUT2D eigenvalue weighted by Gasteiger charge is -2.16. The first-order valence-electron chi connectivity index (χ1n) is 7.15. The third-order valence-electron chi connectivity index (χ3n) is 3.43. The Hall–Kier alpha value is -2.14. The summed E-state index contributed by atoms with van der Waals surface area (Å²) in [5.41, 5.74) is 1.99. The number of hydrogen-bond acceptors (Lipinski definition) is 3. The van der Waals surface area contributed by atoms with E-state index >= 15 is 0 Å². The van der Waals surface area contributed by atoms with Gasteiger partial charge in [-0.15, -0.1) is 0 Å². The van der Waals surface area contributed by atoms with Gasteiger partial charge in [0.1, 0.15) is 5.82 Å². The van der Waals surface area contributed by atoms with Gasteiger partial charge in [-0.3, -0.25) is 4.79 Å². The molecule has 0 aliphatic carbocycles. The molecule has 1 aromatic heterocycles. The van der Waals surface area contributed by atoms with Gasteiger partial charge in [-0.1, -0.05) is 12.1 Å². The molecule has 2 N–H and O–H groups in total. The summed E-state index contributed by atoms with van der Waals surface area (Å²) in [6, 6.07) is 8.14. The van der Waals surface area contributed by atoms with Gasteiger partial charge in [0, 0.05) is 44.1 Å². The zero-order valence-electron chi connectivity index (χ0n) is 12.8. The van der Waals surface area contributed by atoms with Crippen LogP contribution in [0.15, 0.2) is 36.7 Å². The normalized spacial score (nSPS) is 12.1. The molecule has 1 atom stereocenters. The lowest BCUT2D eigenvalue weighted by atomic mass is 10.1. The molecule has 0 fully saturated rings. The van der Waals surface area contributed by atoms with Crippen LogP contribution < -0.4 is 10.6 Å². The molecule has 112 valence electrons. The second kappa shape index (κ2) is 7.04. The molecular weight excluding hydrogens is 264 g/mol. The Morgan fingerprint density at radius 3 is 2.90 bits per heavy atom. The summed E-state index contributed by atoms with van der Waals surface area (Å²) < 4.78 is 2.12. The summed E-state index contributed by atoms with van der Waals surface area (Å²) >= 11 is 0. The topological polar surface area (TPSA) is 59.0 Å². The minimum absolute atomic E-state index is 0.0525. The van der Waals surface area contributed by atoms with Crippen molar-refractivity contribution in [3.8, 4) is 0 Å². The minimum atomic E-state index is -0.0525. The van der Waals surface area contributed by atoms with Crippen molar-refractivity contribution < 1.29 is 4.79 Å². The maximum atomic E-state index is 11.1. The average molecular weight is 286 g/mol. The molecule has 5 nitrogen and oxygen atoms in total. The van der Waals surface area contributed by atoms with Gasteiger partial charge in [0.25, 0.3) is 0 Å². The van der Waals surface area contributed by atoms with E-state index < -0.39 is 0 Å². The highest BCUT2D eigenvalue weighted by Gasteiger charge is 2.06. The van der Waals surface area contributed by atoms with E-state index in [9.17, 15) is 4.79 Å². The van der Waals surface area contributed by atoms with Crippen LogP contribution in [0.25, 0.3) is 0 Å². The van der Waals surface area contributed by atoms with Gasteiger partial charge in [0.2, 0.25) is 5.91 Å². The maximum absolute atomic E-state index is 11.1. The number of nitrogens with one attached hydrogen (secondary N) is 2. The van der Waals surface area contributed by atoms with Crippen LogP contribution in [0.4, 0.5) is 5.69 Å². The number of benzene rings is 1. The number of aromatic nitrogens is 2. The molecule has 0 saturated heterocycles. The molecule has 0 spiro atoms. The van der Waals surface area contributed by atoms with E-state index in [2.05, 4.69) is 33.2 Å². The number of aryl methyl sites for hydroxylation is 1. The van der Waals surface area contributed by atoms with Crippen molar-refractivity contribution in [3.05, 3.63) is 48.0 Å². The van der Waals surface area contributed by atoms with Crippen LogP contribution in [0.2, 0.25) is 0 Å². The van der Waals surface area contributed by atoms with Gasteiger partial charge in [-0.2, -0.15) is 0 Å². The predicted octanol–water partition coefficient (Wildman–Crippen LogP) is 2.50. The molecule has 0 aliphatic rings. The minimum Gasteiger partial charge on any atom is -0.334 e. The summed E-state index contributed by atoms with van der Waals surface area (Å²) in [7, 11) is 0. The number of rotatable bonds is 6. The Morgan fingerprint density at radius 1 is 1.43 bits per heavy atom. The van der Waals surface area contributed by atoms with Crippen LogP contribution >= 0.6 is 0 Å². The third kappa shape index (κ3) is 4.43. The van der Waals surface area contributed by atoms with Crippen LogP contribution in [-0.2, 0) is 11.3 Å². The molecule has 0 bridgehead atoms. The molecule has 2 rings (SSSR count). The van der Waals surface area contributed by atoms with Crippen molar-refractivity contribution in [3.63, 3.8) is 0 Å². The predicted molar refractivity (Wildman–Crippen MR) is 84.1 cm³/mol. The van der Waals surface area contributed by atoms with E-state index in [0.717, 1.165) is 30.2 Å². The smallest absolute Gasteiger partial charge is 0.221 e. The quantitative estimate of drug-likeness (QED) is 0.858. The van der Waals surface area contributed by atoms with E-state index in [1.165, 1.54) is 6.92 Å². The van der Waals surface area contributed by atoms with Crippen molar-refractivity contribution in [2.45, 2.75) is 33.4 Å². The maximum Gasteiger partial charge on any atom is 0.221 e. The third-order valence-corrected chi connectivity index (χ3v) is 3.43. The first kappa shape index (κ1) is 15.3. The van der Waals surface area contributed by atoms with Crippen molar-refractivity contribution in [2.24, 2.45) is 0 Å².